The van der Waals surface area contributed by atoms with Gasteiger partial charge in [0.2, 0.25) is 0 Å². The first-order chi connectivity index (χ1) is 27.4. The zero-order chi connectivity index (χ0) is 38.2. The summed E-state index contributed by atoms with van der Waals surface area (Å²) in [5.41, 5.74) is 18.3. The molecule has 6 aromatic rings. The monoisotopic (exact) mass is 725 g/mol. The van der Waals surface area contributed by atoms with Gasteiger partial charge in [0, 0.05) is 28.5 Å². The maximum Gasteiger partial charge on any atom is 0.252 e. The highest BCUT2D eigenvalue weighted by atomic mass is 16.5. The molecule has 270 valence electrons. The van der Waals surface area contributed by atoms with Crippen molar-refractivity contribution in [1.29, 1.82) is 0 Å². The Hall–Kier alpha value is -6.92. The minimum atomic E-state index is -0.0270. The first-order valence-corrected chi connectivity index (χ1v) is 19.2. The molecule has 0 bridgehead atoms. The fourth-order valence-corrected chi connectivity index (χ4v) is 9.08. The van der Waals surface area contributed by atoms with Crippen molar-refractivity contribution in [3.8, 4) is 34.1 Å². The predicted molar refractivity (Wildman–Crippen MR) is 235 cm³/mol. The van der Waals surface area contributed by atoms with Crippen molar-refractivity contribution < 1.29 is 9.47 Å². The van der Waals surface area contributed by atoms with Crippen molar-refractivity contribution in [2.45, 2.75) is 27.7 Å². The number of nitrogens with zero attached hydrogens (tertiary/aromatic N) is 3. The van der Waals surface area contributed by atoms with Crippen LogP contribution < -0.4 is 35.7 Å². The van der Waals surface area contributed by atoms with Gasteiger partial charge in [-0.15, -0.1) is 0 Å². The van der Waals surface area contributed by atoms with Crippen LogP contribution in [0.2, 0.25) is 0 Å². The highest BCUT2D eigenvalue weighted by Crippen LogP contribution is 2.54. The molecule has 0 aliphatic carbocycles. The Morgan fingerprint density at radius 1 is 0.589 bits per heavy atom. The van der Waals surface area contributed by atoms with Gasteiger partial charge in [0.25, 0.3) is 6.71 Å². The van der Waals surface area contributed by atoms with Gasteiger partial charge in [-0.25, -0.2) is 0 Å². The van der Waals surface area contributed by atoms with Crippen LogP contribution in [-0.4, -0.2) is 11.3 Å². The molecule has 6 heteroatoms. The number of benzene rings is 5. The third-order valence-corrected chi connectivity index (χ3v) is 11.6. The Kier molecular flexibility index (Phi) is 7.72. The van der Waals surface area contributed by atoms with E-state index in [0.29, 0.717) is 0 Å². The number of para-hydroxylation sites is 4. The van der Waals surface area contributed by atoms with Crippen LogP contribution in [0.15, 0.2) is 158 Å². The number of aromatic nitrogens is 1. The summed E-state index contributed by atoms with van der Waals surface area (Å²) < 4.78 is 15.6. The minimum absolute atomic E-state index is 0.0270. The van der Waals surface area contributed by atoms with Crippen LogP contribution in [0.1, 0.15) is 36.4 Å². The Bertz CT molecular complexity index is 2760. The fourth-order valence-electron chi connectivity index (χ4n) is 9.08. The molecule has 0 unspecified atom stereocenters. The molecular formula is C50H40BN3O2. The van der Waals surface area contributed by atoms with Crippen LogP contribution in [0.5, 0.6) is 17.2 Å². The molecule has 4 aliphatic rings. The van der Waals surface area contributed by atoms with Crippen LogP contribution in [0.25, 0.3) is 29.0 Å². The van der Waals surface area contributed by atoms with Gasteiger partial charge in [0.15, 0.2) is 17.2 Å². The molecule has 0 atom stereocenters. The quantitative estimate of drug-likeness (QED) is 0.121. The number of hydrogen-bond donors (Lipinski definition) is 0. The summed E-state index contributed by atoms with van der Waals surface area (Å²) in [6.45, 7) is 16.3. The third-order valence-electron chi connectivity index (χ3n) is 11.6. The predicted octanol–water partition coefficient (Wildman–Crippen LogP) is 11.2. The van der Waals surface area contributed by atoms with Gasteiger partial charge in [-0.1, -0.05) is 92.1 Å². The molecule has 0 fully saturated rings. The van der Waals surface area contributed by atoms with Gasteiger partial charge < -0.3 is 23.8 Å². The van der Waals surface area contributed by atoms with Gasteiger partial charge in [-0.05, 0) is 133 Å². The van der Waals surface area contributed by atoms with Crippen molar-refractivity contribution in [1.82, 2.24) is 4.57 Å². The third kappa shape index (κ3) is 4.75. The molecule has 0 amide bonds. The van der Waals surface area contributed by atoms with Crippen LogP contribution in [0.4, 0.5) is 28.4 Å². The number of ether oxygens (including phenoxy) is 2. The van der Waals surface area contributed by atoms with E-state index >= 15 is 0 Å². The lowest BCUT2D eigenvalue weighted by Gasteiger charge is -2.47. The van der Waals surface area contributed by atoms with E-state index < -0.39 is 0 Å². The molecule has 0 N–H and O–H groups in total. The summed E-state index contributed by atoms with van der Waals surface area (Å²) in [6.07, 6.45) is 16.2. The Balaban J connectivity index is 1.23. The molecule has 0 spiro atoms. The van der Waals surface area contributed by atoms with E-state index in [1.165, 1.54) is 27.5 Å². The van der Waals surface area contributed by atoms with Gasteiger partial charge >= 0.3 is 0 Å². The average Bonchev–Trinajstić information content (AvgIpc) is 3.46. The Morgan fingerprint density at radius 2 is 1.18 bits per heavy atom. The first kappa shape index (κ1) is 33.6. The van der Waals surface area contributed by atoms with Crippen LogP contribution >= 0.6 is 0 Å². The van der Waals surface area contributed by atoms with Crippen LogP contribution in [-0.2, 0) is 0 Å². The van der Waals surface area contributed by atoms with Crippen molar-refractivity contribution >= 4 is 63.7 Å². The number of anilines is 5. The van der Waals surface area contributed by atoms with Crippen molar-refractivity contribution in [3.63, 3.8) is 0 Å². The molecule has 0 saturated heterocycles. The second kappa shape index (κ2) is 12.8. The van der Waals surface area contributed by atoms with Gasteiger partial charge in [-0.3, -0.25) is 0 Å². The molecule has 5 nitrogen and oxygen atoms in total. The van der Waals surface area contributed by atoms with E-state index in [1.54, 1.807) is 0 Å². The Labute approximate surface area is 328 Å². The summed E-state index contributed by atoms with van der Waals surface area (Å²) >= 11 is 0. The molecule has 0 saturated carbocycles. The Morgan fingerprint density at radius 3 is 1.82 bits per heavy atom. The van der Waals surface area contributed by atoms with Crippen LogP contribution in [0.3, 0.4) is 0 Å². The summed E-state index contributed by atoms with van der Waals surface area (Å²) in [6, 6.07) is 35.0. The molecule has 10 rings (SSSR count). The normalized spacial score (nSPS) is 14.5. The topological polar surface area (TPSA) is 29.9 Å². The van der Waals surface area contributed by atoms with Gasteiger partial charge in [0.1, 0.15) is 5.76 Å². The lowest BCUT2D eigenvalue weighted by atomic mass is 9.33. The molecule has 4 aliphatic heterocycles. The van der Waals surface area contributed by atoms with Crippen molar-refractivity contribution in [2.75, 3.05) is 9.80 Å². The van der Waals surface area contributed by atoms with Crippen molar-refractivity contribution in [2.24, 2.45) is 0 Å². The lowest BCUT2D eigenvalue weighted by molar-refractivity contribution is 0.414. The second-order valence-corrected chi connectivity index (χ2v) is 14.6. The summed E-state index contributed by atoms with van der Waals surface area (Å²) in [4.78, 5) is 4.86. The fraction of sp³-hybridized carbons (Fsp3) is 0.0800. The average molecular weight is 726 g/mol. The zero-order valence-corrected chi connectivity index (χ0v) is 32.0. The summed E-state index contributed by atoms with van der Waals surface area (Å²) in [5.74, 6) is 3.43. The standard InChI is InChI=1S/C50H40BN3O2/c1-7-10-19-39-31(4)32(5)40(20-11-8-2)52(39)36-27-25-34(26-28-36)35-29-43-48-44(30-35)54-42-21-12-13-22-45(42)56-47-24-15-18-38(50(47)54)51(48)37-17-14-23-46-49(37)53(43)41(16-9-3)33(6)55-46/h7-30H,1-2H2,3-6H3/b16-9-,19-10-,20-11-. The van der Waals surface area contributed by atoms with E-state index in [0.717, 1.165) is 85.3 Å². The largest absolute Gasteiger partial charge is 0.458 e. The lowest BCUT2D eigenvalue weighted by Crippen LogP contribution is -2.62. The van der Waals surface area contributed by atoms with E-state index in [4.69, 9.17) is 9.47 Å². The second-order valence-electron chi connectivity index (χ2n) is 14.6. The van der Waals surface area contributed by atoms with Gasteiger partial charge in [-0.2, -0.15) is 0 Å². The van der Waals surface area contributed by atoms with Crippen molar-refractivity contribution in [3.05, 3.63) is 181 Å². The molecule has 56 heavy (non-hydrogen) atoms. The molecular weight excluding hydrogens is 685 g/mol. The van der Waals surface area contributed by atoms with E-state index in [9.17, 15) is 0 Å². The van der Waals surface area contributed by atoms with E-state index in [2.05, 4.69) is 171 Å². The molecule has 0 radical (unpaired) electrons. The maximum atomic E-state index is 6.64. The number of allylic oxidation sites excluding steroid dienone is 7. The maximum absolute atomic E-state index is 6.64. The van der Waals surface area contributed by atoms with E-state index in [1.807, 2.05) is 30.4 Å². The SMILES string of the molecule is C=C/C=C\c1c(C)c(C)c(/C=C\C=C)n1-c1ccc(-c2cc3c4c(c2)N2c5ccccc5Oc5cccc(c52)B4c2cccc4c2N3C(/C=C\C)=C(C)O4)cc1. The first-order valence-electron chi connectivity index (χ1n) is 19.2. The zero-order valence-electron chi connectivity index (χ0n) is 32.0. The van der Waals surface area contributed by atoms with E-state index in [-0.39, 0.29) is 6.71 Å². The number of hydrogen-bond acceptors (Lipinski definition) is 4. The minimum Gasteiger partial charge on any atom is -0.458 e. The van der Waals surface area contributed by atoms with Gasteiger partial charge in [0.05, 0.1) is 22.8 Å². The number of rotatable bonds is 7. The molecule has 5 heterocycles. The number of fused-ring (bicyclic) bond motifs is 6. The molecule has 1 aromatic heterocycles. The highest BCUT2D eigenvalue weighted by Gasteiger charge is 2.48. The summed E-state index contributed by atoms with van der Waals surface area (Å²) in [7, 11) is 0. The summed E-state index contributed by atoms with van der Waals surface area (Å²) in [5, 5.41) is 0. The van der Waals surface area contributed by atoms with Crippen LogP contribution in [0, 0.1) is 13.8 Å². The smallest absolute Gasteiger partial charge is 0.252 e. The highest BCUT2D eigenvalue weighted by molar-refractivity contribution is 7.00. The molecule has 5 aromatic carbocycles.